The van der Waals surface area contributed by atoms with Crippen LogP contribution < -0.4 is 10.6 Å². The maximum absolute atomic E-state index is 5.84. The molecule has 0 saturated carbocycles. The zero-order valence-electron chi connectivity index (χ0n) is 10.6. The van der Waals surface area contributed by atoms with E-state index in [9.17, 15) is 0 Å². The van der Waals surface area contributed by atoms with Gasteiger partial charge in [0.15, 0.2) is 0 Å². The van der Waals surface area contributed by atoms with Crippen LogP contribution in [0.2, 0.25) is 0 Å². The number of hydrogen-bond donors (Lipinski definition) is 1. The third-order valence-corrected chi connectivity index (χ3v) is 4.47. The average Bonchev–Trinajstić information content (AvgIpc) is 2.89. The van der Waals surface area contributed by atoms with Crippen LogP contribution in [0.15, 0.2) is 42.7 Å². The maximum atomic E-state index is 5.84. The molecule has 2 N–H and O–H groups in total. The number of benzene rings is 1. The van der Waals surface area contributed by atoms with Crippen LogP contribution in [-0.4, -0.2) is 11.5 Å². The third kappa shape index (κ3) is 2.54. The number of hydrogen-bond acceptors (Lipinski definition) is 3. The van der Waals surface area contributed by atoms with Crippen LogP contribution in [0, 0.1) is 3.57 Å². The van der Waals surface area contributed by atoms with Crippen molar-refractivity contribution >= 4 is 34.0 Å². The lowest BCUT2D eigenvalue weighted by Crippen LogP contribution is -2.23. The van der Waals surface area contributed by atoms with Crippen LogP contribution in [0.3, 0.4) is 0 Å². The van der Waals surface area contributed by atoms with Gasteiger partial charge in [-0.25, -0.2) is 0 Å². The van der Waals surface area contributed by atoms with E-state index in [1.54, 1.807) is 0 Å². The highest BCUT2D eigenvalue weighted by Crippen LogP contribution is 2.38. The number of rotatable bonds is 2. The van der Waals surface area contributed by atoms with E-state index in [0.29, 0.717) is 6.04 Å². The van der Waals surface area contributed by atoms with E-state index in [2.05, 4.69) is 44.6 Å². The van der Waals surface area contributed by atoms with E-state index < -0.39 is 0 Å². The van der Waals surface area contributed by atoms with E-state index >= 15 is 0 Å². The van der Waals surface area contributed by atoms with Gasteiger partial charge in [0.1, 0.15) is 0 Å². The Kier molecular flexibility index (Phi) is 3.59. The predicted molar refractivity (Wildman–Crippen MR) is 87.1 cm³/mol. The highest BCUT2D eigenvalue weighted by Gasteiger charge is 2.27. The fourth-order valence-corrected chi connectivity index (χ4v) is 3.58. The molecule has 0 amide bonds. The topological polar surface area (TPSA) is 42.1 Å². The first-order chi connectivity index (χ1) is 9.25. The van der Waals surface area contributed by atoms with Crippen molar-refractivity contribution in [3.05, 3.63) is 51.9 Å². The van der Waals surface area contributed by atoms with Gasteiger partial charge in [0.2, 0.25) is 0 Å². The minimum absolute atomic E-state index is 0.436. The Morgan fingerprint density at radius 3 is 2.95 bits per heavy atom. The molecule has 1 aromatic carbocycles. The van der Waals surface area contributed by atoms with Crippen LogP contribution in [0.5, 0.6) is 0 Å². The molecule has 1 saturated heterocycles. The van der Waals surface area contributed by atoms with Crippen molar-refractivity contribution in [1.29, 1.82) is 0 Å². The van der Waals surface area contributed by atoms with Crippen molar-refractivity contribution in [1.82, 2.24) is 4.98 Å². The van der Waals surface area contributed by atoms with E-state index in [0.717, 1.165) is 12.2 Å². The van der Waals surface area contributed by atoms with Gasteiger partial charge < -0.3 is 10.6 Å². The Balaban J connectivity index is 1.95. The largest absolute Gasteiger partial charge is 0.399 e. The van der Waals surface area contributed by atoms with E-state index in [1.807, 2.05) is 30.6 Å². The first kappa shape index (κ1) is 12.7. The SMILES string of the molecule is Nc1ccc(N2CCCC2c2cccnc2)c(I)c1. The standard InChI is InChI=1S/C15H16IN3/c16-13-9-12(17)5-6-15(13)19-8-2-4-14(19)11-3-1-7-18-10-11/h1,3,5-7,9-10,14H,2,4,8,17H2. The first-order valence-corrected chi connectivity index (χ1v) is 7.55. The highest BCUT2D eigenvalue weighted by molar-refractivity contribution is 14.1. The smallest absolute Gasteiger partial charge is 0.0558 e. The normalized spacial score (nSPS) is 18.8. The van der Waals surface area contributed by atoms with Crippen molar-refractivity contribution in [2.75, 3.05) is 17.2 Å². The van der Waals surface area contributed by atoms with Gasteiger partial charge in [-0.1, -0.05) is 6.07 Å². The number of nitrogens with two attached hydrogens (primary N) is 1. The zero-order chi connectivity index (χ0) is 13.2. The summed E-state index contributed by atoms with van der Waals surface area (Å²) in [7, 11) is 0. The summed E-state index contributed by atoms with van der Waals surface area (Å²) in [4.78, 5) is 6.72. The molecule has 1 aliphatic heterocycles. The molecule has 3 nitrogen and oxygen atoms in total. The molecule has 0 aliphatic carbocycles. The Bertz CT molecular complexity index is 571. The summed E-state index contributed by atoms with van der Waals surface area (Å²) in [6, 6.07) is 10.8. The number of pyridine rings is 1. The Labute approximate surface area is 127 Å². The molecule has 1 fully saturated rings. The Morgan fingerprint density at radius 1 is 1.32 bits per heavy atom. The summed E-state index contributed by atoms with van der Waals surface area (Å²) in [6.45, 7) is 1.10. The number of nitrogens with zero attached hydrogens (tertiary/aromatic N) is 2. The second-order valence-corrected chi connectivity index (χ2v) is 6.01. The third-order valence-electron chi connectivity index (χ3n) is 3.60. The molecule has 4 heteroatoms. The van der Waals surface area contributed by atoms with Crippen molar-refractivity contribution in [2.24, 2.45) is 0 Å². The van der Waals surface area contributed by atoms with Gasteiger partial charge in [0.05, 0.1) is 11.7 Å². The Hall–Kier alpha value is -1.30. The molecular formula is C15H16IN3. The van der Waals surface area contributed by atoms with Crippen LogP contribution in [0.1, 0.15) is 24.4 Å². The van der Waals surface area contributed by atoms with Gasteiger partial charge in [-0.2, -0.15) is 0 Å². The summed E-state index contributed by atoms with van der Waals surface area (Å²) in [5.41, 5.74) is 9.24. The average molecular weight is 365 g/mol. The van der Waals surface area contributed by atoms with Gasteiger partial charge >= 0.3 is 0 Å². The fraction of sp³-hybridized carbons (Fsp3) is 0.267. The summed E-state index contributed by atoms with van der Waals surface area (Å²) < 4.78 is 1.22. The molecule has 2 aromatic rings. The molecule has 2 heterocycles. The summed E-state index contributed by atoms with van der Waals surface area (Å²) >= 11 is 2.37. The summed E-state index contributed by atoms with van der Waals surface area (Å²) in [6.07, 6.45) is 6.22. The number of anilines is 2. The fourth-order valence-electron chi connectivity index (χ4n) is 2.73. The van der Waals surface area contributed by atoms with Crippen molar-refractivity contribution in [3.8, 4) is 0 Å². The molecule has 19 heavy (non-hydrogen) atoms. The summed E-state index contributed by atoms with van der Waals surface area (Å²) in [5.74, 6) is 0. The van der Waals surface area contributed by atoms with Gasteiger partial charge in [0, 0.05) is 28.2 Å². The second-order valence-electron chi connectivity index (χ2n) is 4.85. The molecule has 1 aliphatic rings. The van der Waals surface area contributed by atoms with Crippen molar-refractivity contribution in [2.45, 2.75) is 18.9 Å². The van der Waals surface area contributed by atoms with Crippen LogP contribution >= 0.6 is 22.6 Å². The van der Waals surface area contributed by atoms with Gasteiger partial charge in [0.25, 0.3) is 0 Å². The lowest BCUT2D eigenvalue weighted by atomic mass is 10.1. The van der Waals surface area contributed by atoms with Crippen LogP contribution in [0.4, 0.5) is 11.4 Å². The molecule has 1 aromatic heterocycles. The van der Waals surface area contributed by atoms with Crippen molar-refractivity contribution < 1.29 is 0 Å². The van der Waals surface area contributed by atoms with Crippen LogP contribution in [-0.2, 0) is 0 Å². The number of aromatic nitrogens is 1. The highest BCUT2D eigenvalue weighted by atomic mass is 127. The van der Waals surface area contributed by atoms with Crippen LogP contribution in [0.25, 0.3) is 0 Å². The summed E-state index contributed by atoms with van der Waals surface area (Å²) in [5, 5.41) is 0. The zero-order valence-corrected chi connectivity index (χ0v) is 12.7. The molecule has 3 rings (SSSR count). The lowest BCUT2D eigenvalue weighted by molar-refractivity contribution is 0.714. The van der Waals surface area contributed by atoms with Gasteiger partial charge in [-0.15, -0.1) is 0 Å². The van der Waals surface area contributed by atoms with Crippen molar-refractivity contribution in [3.63, 3.8) is 0 Å². The maximum Gasteiger partial charge on any atom is 0.0558 e. The minimum atomic E-state index is 0.436. The molecule has 0 bridgehead atoms. The number of halogens is 1. The molecule has 98 valence electrons. The van der Waals surface area contributed by atoms with E-state index in [4.69, 9.17) is 5.73 Å². The minimum Gasteiger partial charge on any atom is -0.399 e. The lowest BCUT2D eigenvalue weighted by Gasteiger charge is -2.28. The monoisotopic (exact) mass is 365 g/mol. The first-order valence-electron chi connectivity index (χ1n) is 6.47. The quantitative estimate of drug-likeness (QED) is 0.653. The molecular weight excluding hydrogens is 349 g/mol. The Morgan fingerprint density at radius 2 is 2.21 bits per heavy atom. The van der Waals surface area contributed by atoms with Gasteiger partial charge in [-0.05, 0) is 65.3 Å². The molecule has 1 atom stereocenters. The number of nitrogen functional groups attached to an aromatic ring is 1. The van der Waals surface area contributed by atoms with E-state index in [1.165, 1.54) is 27.7 Å². The molecule has 1 unspecified atom stereocenters. The van der Waals surface area contributed by atoms with E-state index in [-0.39, 0.29) is 0 Å². The predicted octanol–water partition coefficient (Wildman–Crippen LogP) is 3.61. The molecule has 0 spiro atoms. The molecule has 0 radical (unpaired) electrons. The second kappa shape index (κ2) is 5.36. The van der Waals surface area contributed by atoms with Gasteiger partial charge in [-0.3, -0.25) is 4.98 Å².